The number of hydrogen-bond acceptors (Lipinski definition) is 3. The van der Waals surface area contributed by atoms with Crippen molar-refractivity contribution >= 4 is 44.8 Å². The van der Waals surface area contributed by atoms with Crippen molar-refractivity contribution < 1.29 is 9.53 Å². The normalized spacial score (nSPS) is 10.9. The number of methoxy groups -OCH3 is 1. The van der Waals surface area contributed by atoms with Crippen LogP contribution in [0, 0.1) is 6.92 Å². The Hall–Kier alpha value is -2.83. The molecular formula is C23H19BrClN3O2. The maximum absolute atomic E-state index is 13.5. The van der Waals surface area contributed by atoms with E-state index in [4.69, 9.17) is 16.3 Å². The molecule has 0 saturated heterocycles. The summed E-state index contributed by atoms with van der Waals surface area (Å²) in [5.74, 6) is 0.570. The summed E-state index contributed by atoms with van der Waals surface area (Å²) in [4.78, 5) is 19.7. The number of amides is 1. The van der Waals surface area contributed by atoms with Crippen LogP contribution >= 0.6 is 27.5 Å². The number of halogens is 2. The Kier molecular flexibility index (Phi) is 5.79. The molecule has 0 radical (unpaired) electrons. The van der Waals surface area contributed by atoms with E-state index in [0.29, 0.717) is 22.9 Å². The van der Waals surface area contributed by atoms with Crippen LogP contribution < -0.4 is 9.64 Å². The molecule has 30 heavy (non-hydrogen) atoms. The fourth-order valence-corrected chi connectivity index (χ4v) is 4.09. The van der Waals surface area contributed by atoms with Gasteiger partial charge in [-0.25, -0.2) is 4.98 Å². The lowest BCUT2D eigenvalue weighted by Gasteiger charge is -2.24. The molecular weight excluding hydrogens is 466 g/mol. The second-order valence-corrected chi connectivity index (χ2v) is 8.22. The number of pyridine rings is 1. The molecule has 2 aromatic carbocycles. The molecule has 0 N–H and O–H groups in total. The lowest BCUT2D eigenvalue weighted by atomic mass is 10.1. The van der Waals surface area contributed by atoms with Crippen molar-refractivity contribution in [2.45, 2.75) is 13.5 Å². The average Bonchev–Trinajstić information content (AvgIpc) is 3.15. The van der Waals surface area contributed by atoms with Gasteiger partial charge in [0.25, 0.3) is 5.91 Å². The van der Waals surface area contributed by atoms with Gasteiger partial charge in [0.2, 0.25) is 0 Å². The number of aryl methyl sites for hydroxylation is 1. The second kappa shape index (κ2) is 8.50. The first-order chi connectivity index (χ1) is 14.4. The molecule has 2 aromatic heterocycles. The molecule has 1 amide bonds. The molecule has 7 heteroatoms. The van der Waals surface area contributed by atoms with Crippen molar-refractivity contribution in [1.29, 1.82) is 0 Å². The summed E-state index contributed by atoms with van der Waals surface area (Å²) in [6.07, 6.45) is 3.43. The lowest BCUT2D eigenvalue weighted by molar-refractivity contribution is 0.0981. The molecule has 0 fully saturated rings. The third-order valence-corrected chi connectivity index (χ3v) is 5.63. The van der Waals surface area contributed by atoms with Crippen molar-refractivity contribution in [3.8, 4) is 5.75 Å². The van der Waals surface area contributed by atoms with Crippen LogP contribution in [0.2, 0.25) is 5.02 Å². The highest BCUT2D eigenvalue weighted by Crippen LogP contribution is 2.30. The molecule has 4 rings (SSSR count). The molecule has 0 atom stereocenters. The van der Waals surface area contributed by atoms with Crippen LogP contribution in [0.25, 0.3) is 5.65 Å². The highest BCUT2D eigenvalue weighted by Gasteiger charge is 2.23. The van der Waals surface area contributed by atoms with Gasteiger partial charge >= 0.3 is 0 Å². The number of carbonyl (C=O) groups is 1. The Morgan fingerprint density at radius 2 is 1.90 bits per heavy atom. The number of nitrogens with zero attached hydrogens (tertiary/aromatic N) is 3. The summed E-state index contributed by atoms with van der Waals surface area (Å²) in [5, 5.41) is 0.579. The fraction of sp³-hybridized carbons (Fsp3) is 0.130. The van der Waals surface area contributed by atoms with Gasteiger partial charge < -0.3 is 14.0 Å². The summed E-state index contributed by atoms with van der Waals surface area (Å²) in [7, 11) is 1.63. The summed E-state index contributed by atoms with van der Waals surface area (Å²) in [5.41, 5.74) is 3.86. The molecule has 4 aromatic rings. The van der Waals surface area contributed by atoms with Crippen LogP contribution in [-0.2, 0) is 6.54 Å². The Balaban J connectivity index is 1.75. The van der Waals surface area contributed by atoms with Crippen molar-refractivity contribution in [3.63, 3.8) is 0 Å². The molecule has 0 unspecified atom stereocenters. The van der Waals surface area contributed by atoms with Gasteiger partial charge in [-0.2, -0.15) is 0 Å². The smallest absolute Gasteiger partial charge is 0.278 e. The van der Waals surface area contributed by atoms with Crippen molar-refractivity contribution in [1.82, 2.24) is 9.38 Å². The number of ether oxygens (including phenoxy) is 1. The summed E-state index contributed by atoms with van der Waals surface area (Å²) in [6, 6.07) is 17.1. The second-order valence-electron chi connectivity index (χ2n) is 6.93. The predicted molar refractivity (Wildman–Crippen MR) is 123 cm³/mol. The number of imidazole rings is 1. The molecule has 0 aliphatic heterocycles. The van der Waals surface area contributed by atoms with Crippen molar-refractivity contribution in [2.75, 3.05) is 12.0 Å². The molecule has 152 valence electrons. The highest BCUT2D eigenvalue weighted by molar-refractivity contribution is 9.10. The molecule has 0 saturated carbocycles. The van der Waals surface area contributed by atoms with Crippen molar-refractivity contribution in [3.05, 3.63) is 93.3 Å². The zero-order chi connectivity index (χ0) is 21.3. The molecule has 0 aliphatic carbocycles. The Morgan fingerprint density at radius 1 is 1.13 bits per heavy atom. The third kappa shape index (κ3) is 4.20. The number of benzene rings is 2. The molecule has 5 nitrogen and oxygen atoms in total. The van der Waals surface area contributed by atoms with E-state index in [0.717, 1.165) is 27.0 Å². The molecule has 0 spiro atoms. The summed E-state index contributed by atoms with van der Waals surface area (Å²) >= 11 is 9.69. The number of anilines is 1. The minimum absolute atomic E-state index is 0.199. The zero-order valence-corrected chi connectivity index (χ0v) is 18.8. The Bertz CT molecular complexity index is 1220. The minimum Gasteiger partial charge on any atom is -0.497 e. The SMILES string of the molecule is COc1ccc(CN(C(=O)c2cn3cc(Cl)ccc3n2)c2ccc(C)cc2Br)cc1. The van der Waals surface area contributed by atoms with Gasteiger partial charge in [0.15, 0.2) is 0 Å². The fourth-order valence-electron chi connectivity index (χ4n) is 3.22. The van der Waals surface area contributed by atoms with E-state index >= 15 is 0 Å². The first-order valence-electron chi connectivity index (χ1n) is 9.30. The number of fused-ring (bicyclic) bond motifs is 1. The number of rotatable bonds is 5. The highest BCUT2D eigenvalue weighted by atomic mass is 79.9. The maximum atomic E-state index is 13.5. The number of hydrogen-bond donors (Lipinski definition) is 0. The van der Waals surface area contributed by atoms with Gasteiger partial charge in [0.1, 0.15) is 17.1 Å². The maximum Gasteiger partial charge on any atom is 0.278 e. The molecule has 0 bridgehead atoms. The van der Waals surface area contributed by atoms with Crippen LogP contribution in [0.3, 0.4) is 0 Å². The average molecular weight is 485 g/mol. The largest absolute Gasteiger partial charge is 0.497 e. The first-order valence-corrected chi connectivity index (χ1v) is 10.5. The van der Waals surface area contributed by atoms with E-state index < -0.39 is 0 Å². The zero-order valence-electron chi connectivity index (χ0n) is 16.5. The minimum atomic E-state index is -0.199. The van der Waals surface area contributed by atoms with Gasteiger partial charge in [-0.05, 0) is 70.4 Å². The van der Waals surface area contributed by atoms with E-state index in [-0.39, 0.29) is 5.91 Å². The Morgan fingerprint density at radius 3 is 2.60 bits per heavy atom. The number of aromatic nitrogens is 2. The van der Waals surface area contributed by atoms with Crippen LogP contribution in [-0.4, -0.2) is 22.4 Å². The summed E-state index contributed by atoms with van der Waals surface area (Å²) < 4.78 is 7.84. The van der Waals surface area contributed by atoms with Crippen LogP contribution in [0.4, 0.5) is 5.69 Å². The monoisotopic (exact) mass is 483 g/mol. The standard InChI is InChI=1S/C23H19BrClN3O2/c1-15-3-9-21(19(24)11-15)28(12-16-4-7-18(30-2)8-5-16)23(29)20-14-27-13-17(25)6-10-22(27)26-20/h3-11,13-14H,12H2,1-2H3. The lowest BCUT2D eigenvalue weighted by Crippen LogP contribution is -2.31. The van der Waals surface area contributed by atoms with Gasteiger partial charge in [-0.3, -0.25) is 4.79 Å². The van der Waals surface area contributed by atoms with Gasteiger partial charge in [0.05, 0.1) is 24.4 Å². The van der Waals surface area contributed by atoms with E-state index in [1.165, 1.54) is 0 Å². The third-order valence-electron chi connectivity index (χ3n) is 4.77. The molecule has 2 heterocycles. The summed E-state index contributed by atoms with van der Waals surface area (Å²) in [6.45, 7) is 2.40. The van der Waals surface area contributed by atoms with Crippen molar-refractivity contribution in [2.24, 2.45) is 0 Å². The van der Waals surface area contributed by atoms with E-state index in [2.05, 4.69) is 20.9 Å². The van der Waals surface area contributed by atoms with Crippen LogP contribution in [0.1, 0.15) is 21.6 Å². The van der Waals surface area contributed by atoms with Gasteiger partial charge in [-0.1, -0.05) is 29.8 Å². The number of carbonyl (C=O) groups excluding carboxylic acids is 1. The van der Waals surface area contributed by atoms with E-state index in [1.54, 1.807) is 40.9 Å². The van der Waals surface area contributed by atoms with Gasteiger partial charge in [-0.15, -0.1) is 0 Å². The van der Waals surface area contributed by atoms with E-state index in [1.807, 2.05) is 49.4 Å². The molecule has 0 aliphatic rings. The van der Waals surface area contributed by atoms with Crippen LogP contribution in [0.5, 0.6) is 5.75 Å². The van der Waals surface area contributed by atoms with E-state index in [9.17, 15) is 4.79 Å². The quantitative estimate of drug-likeness (QED) is 0.353. The topological polar surface area (TPSA) is 46.8 Å². The van der Waals surface area contributed by atoms with Crippen LogP contribution in [0.15, 0.2) is 71.5 Å². The predicted octanol–water partition coefficient (Wildman–Crippen LogP) is 5.91. The first kappa shape index (κ1) is 20.4. The Labute approximate surface area is 188 Å². The van der Waals surface area contributed by atoms with Gasteiger partial charge in [0, 0.05) is 16.9 Å².